The molecule has 1 heterocycles. The molecular weight excluding hydrogens is 230 g/mol. The van der Waals surface area contributed by atoms with E-state index in [0.717, 1.165) is 0 Å². The largest absolute Gasteiger partial charge is 0.466 e. The maximum absolute atomic E-state index is 9.17. The molecule has 0 amide bonds. The molecule has 0 radical (unpaired) electrons. The van der Waals surface area contributed by atoms with Gasteiger partial charge in [-0.3, -0.25) is 0 Å². The zero-order valence-corrected chi connectivity index (χ0v) is 9.08. The second-order valence-electron chi connectivity index (χ2n) is 3.08. The molecular formula is C10H10ClN3O2. The number of ether oxygens (including phenoxy) is 1. The van der Waals surface area contributed by atoms with Crippen LogP contribution < -0.4 is 4.74 Å². The van der Waals surface area contributed by atoms with Crippen LogP contribution >= 0.6 is 11.6 Å². The Kier molecular flexibility index (Phi) is 3.38. The third kappa shape index (κ3) is 2.50. The molecule has 0 aliphatic heterocycles. The van der Waals surface area contributed by atoms with Crippen LogP contribution in [-0.4, -0.2) is 26.5 Å². The fourth-order valence-electron chi connectivity index (χ4n) is 1.21. The lowest BCUT2D eigenvalue weighted by Crippen LogP contribution is -2.20. The van der Waals surface area contributed by atoms with Crippen molar-refractivity contribution in [2.75, 3.05) is 6.61 Å². The summed E-state index contributed by atoms with van der Waals surface area (Å²) >= 11 is 5.75. The molecule has 2 aromatic rings. The van der Waals surface area contributed by atoms with Gasteiger partial charge in [0.15, 0.2) is 0 Å². The minimum Gasteiger partial charge on any atom is -0.466 e. The van der Waals surface area contributed by atoms with Crippen LogP contribution in [0.15, 0.2) is 36.9 Å². The van der Waals surface area contributed by atoms with E-state index in [1.54, 1.807) is 24.3 Å². The molecule has 0 spiro atoms. The molecule has 0 aliphatic carbocycles. The van der Waals surface area contributed by atoms with Crippen LogP contribution in [0.5, 0.6) is 5.75 Å². The van der Waals surface area contributed by atoms with Crippen LogP contribution in [0, 0.1) is 0 Å². The van der Waals surface area contributed by atoms with Crippen molar-refractivity contribution in [1.29, 1.82) is 0 Å². The van der Waals surface area contributed by atoms with E-state index in [4.69, 9.17) is 16.3 Å². The summed E-state index contributed by atoms with van der Waals surface area (Å²) in [5, 5.41) is 13.7. The third-order valence-electron chi connectivity index (χ3n) is 1.97. The summed E-state index contributed by atoms with van der Waals surface area (Å²) in [6, 6.07) is 6.88. The molecule has 1 unspecified atom stereocenters. The van der Waals surface area contributed by atoms with E-state index in [1.807, 2.05) is 0 Å². The van der Waals surface area contributed by atoms with Crippen LogP contribution in [0.3, 0.4) is 0 Å². The zero-order valence-electron chi connectivity index (χ0n) is 8.32. The maximum Gasteiger partial charge on any atom is 0.215 e. The normalized spacial score (nSPS) is 12.4. The number of hydrogen-bond donors (Lipinski definition) is 1. The van der Waals surface area contributed by atoms with Gasteiger partial charge in [-0.1, -0.05) is 11.6 Å². The van der Waals surface area contributed by atoms with Crippen molar-refractivity contribution in [3.05, 3.63) is 41.9 Å². The van der Waals surface area contributed by atoms with Crippen molar-refractivity contribution in [1.82, 2.24) is 14.8 Å². The third-order valence-corrected chi connectivity index (χ3v) is 2.23. The quantitative estimate of drug-likeness (QED) is 0.879. The van der Waals surface area contributed by atoms with Gasteiger partial charge >= 0.3 is 0 Å². The molecule has 1 aromatic heterocycles. The van der Waals surface area contributed by atoms with Gasteiger partial charge < -0.3 is 9.84 Å². The second kappa shape index (κ2) is 4.96. The van der Waals surface area contributed by atoms with E-state index >= 15 is 0 Å². The van der Waals surface area contributed by atoms with Gasteiger partial charge in [-0.15, -0.1) is 0 Å². The molecule has 0 fully saturated rings. The highest BCUT2D eigenvalue weighted by molar-refractivity contribution is 6.30. The van der Waals surface area contributed by atoms with Crippen LogP contribution in [-0.2, 0) is 0 Å². The van der Waals surface area contributed by atoms with Crippen LogP contribution in [0.4, 0.5) is 0 Å². The summed E-state index contributed by atoms with van der Waals surface area (Å²) < 4.78 is 6.95. The Balaban J connectivity index is 2.10. The first-order chi connectivity index (χ1) is 7.79. The van der Waals surface area contributed by atoms with Gasteiger partial charge in [-0.2, -0.15) is 5.10 Å². The summed E-state index contributed by atoms with van der Waals surface area (Å²) in [5.74, 6) is 0.610. The maximum atomic E-state index is 9.17. The summed E-state index contributed by atoms with van der Waals surface area (Å²) in [4.78, 5) is 3.79. The summed E-state index contributed by atoms with van der Waals surface area (Å²) in [6.07, 6.45) is 2.29. The number of benzene rings is 1. The highest BCUT2D eigenvalue weighted by atomic mass is 35.5. The number of hydrogen-bond acceptors (Lipinski definition) is 4. The van der Waals surface area contributed by atoms with Gasteiger partial charge in [-0.25, -0.2) is 9.67 Å². The SMILES string of the molecule is OCC(Oc1ccc(Cl)cc1)n1cncn1. The summed E-state index contributed by atoms with van der Waals surface area (Å²) in [7, 11) is 0. The zero-order chi connectivity index (χ0) is 11.4. The molecule has 6 heteroatoms. The molecule has 0 saturated carbocycles. The number of rotatable bonds is 4. The van der Waals surface area contributed by atoms with Gasteiger partial charge in [0, 0.05) is 5.02 Å². The fraction of sp³-hybridized carbons (Fsp3) is 0.200. The first-order valence-corrected chi connectivity index (χ1v) is 5.04. The average molecular weight is 240 g/mol. The first-order valence-electron chi connectivity index (χ1n) is 4.67. The van der Waals surface area contributed by atoms with Crippen molar-refractivity contribution in [2.45, 2.75) is 6.23 Å². The van der Waals surface area contributed by atoms with Crippen molar-refractivity contribution in [2.24, 2.45) is 0 Å². The molecule has 16 heavy (non-hydrogen) atoms. The Morgan fingerprint density at radius 2 is 2.12 bits per heavy atom. The second-order valence-corrected chi connectivity index (χ2v) is 3.52. The minimum absolute atomic E-state index is 0.189. The van der Waals surface area contributed by atoms with E-state index in [9.17, 15) is 5.11 Å². The van der Waals surface area contributed by atoms with Gasteiger partial charge in [-0.05, 0) is 24.3 Å². The molecule has 1 N–H and O–H groups in total. The molecule has 1 atom stereocenters. The van der Waals surface area contributed by atoms with Crippen molar-refractivity contribution in [3.63, 3.8) is 0 Å². The highest BCUT2D eigenvalue weighted by Crippen LogP contribution is 2.19. The molecule has 2 rings (SSSR count). The lowest BCUT2D eigenvalue weighted by Gasteiger charge is -2.16. The van der Waals surface area contributed by atoms with Crippen molar-refractivity contribution < 1.29 is 9.84 Å². The van der Waals surface area contributed by atoms with E-state index in [2.05, 4.69) is 10.1 Å². The molecule has 0 bridgehead atoms. The summed E-state index contributed by atoms with van der Waals surface area (Å²) in [6.45, 7) is -0.189. The predicted octanol–water partition coefficient (Wildman–Crippen LogP) is 1.50. The van der Waals surface area contributed by atoms with Crippen LogP contribution in [0.25, 0.3) is 0 Å². The molecule has 0 saturated heterocycles. The Hall–Kier alpha value is -1.59. The lowest BCUT2D eigenvalue weighted by atomic mass is 10.3. The van der Waals surface area contributed by atoms with Gasteiger partial charge in [0.25, 0.3) is 0 Å². The Bertz CT molecular complexity index is 430. The highest BCUT2D eigenvalue weighted by Gasteiger charge is 2.11. The molecule has 0 aliphatic rings. The fourth-order valence-corrected chi connectivity index (χ4v) is 1.34. The number of halogens is 1. The van der Waals surface area contributed by atoms with Gasteiger partial charge in [0.1, 0.15) is 25.0 Å². The van der Waals surface area contributed by atoms with E-state index in [0.29, 0.717) is 10.8 Å². The Labute approximate surface area is 97.3 Å². The van der Waals surface area contributed by atoms with Crippen LogP contribution in [0.2, 0.25) is 5.02 Å². The van der Waals surface area contributed by atoms with E-state index in [1.165, 1.54) is 17.3 Å². The van der Waals surface area contributed by atoms with Crippen molar-refractivity contribution >= 4 is 11.6 Å². The standard InChI is InChI=1S/C10H10ClN3O2/c11-8-1-3-9(4-2-8)16-10(5-15)14-7-12-6-13-14/h1-4,6-7,10,15H,5H2. The lowest BCUT2D eigenvalue weighted by molar-refractivity contribution is 0.0510. The van der Waals surface area contributed by atoms with Gasteiger partial charge in [0.05, 0.1) is 0 Å². The number of aromatic nitrogens is 3. The summed E-state index contributed by atoms with van der Waals surface area (Å²) in [5.41, 5.74) is 0. The minimum atomic E-state index is -0.580. The number of aliphatic hydroxyl groups excluding tert-OH is 1. The monoisotopic (exact) mass is 239 g/mol. The average Bonchev–Trinajstić information content (AvgIpc) is 2.82. The van der Waals surface area contributed by atoms with Gasteiger partial charge in [0.2, 0.25) is 6.23 Å². The Morgan fingerprint density at radius 1 is 1.38 bits per heavy atom. The molecule has 5 nitrogen and oxygen atoms in total. The van der Waals surface area contributed by atoms with Crippen molar-refractivity contribution in [3.8, 4) is 5.75 Å². The van der Waals surface area contributed by atoms with Crippen LogP contribution in [0.1, 0.15) is 6.23 Å². The molecule has 84 valence electrons. The number of aliphatic hydroxyl groups is 1. The smallest absolute Gasteiger partial charge is 0.215 e. The number of nitrogens with zero attached hydrogens (tertiary/aromatic N) is 3. The van der Waals surface area contributed by atoms with E-state index < -0.39 is 6.23 Å². The predicted molar refractivity (Wildman–Crippen MR) is 58.2 cm³/mol. The topological polar surface area (TPSA) is 60.2 Å². The van der Waals surface area contributed by atoms with E-state index in [-0.39, 0.29) is 6.61 Å². The Morgan fingerprint density at radius 3 is 2.69 bits per heavy atom. The first kappa shape index (κ1) is 10.9. The molecule has 1 aromatic carbocycles.